The third-order valence-electron chi connectivity index (χ3n) is 22.1. The van der Waals surface area contributed by atoms with Crippen LogP contribution in [0.1, 0.15) is 102 Å². The van der Waals surface area contributed by atoms with Crippen molar-refractivity contribution in [3.05, 3.63) is 148 Å². The molecule has 0 radical (unpaired) electrons. The molecule has 0 spiro atoms. The molecule has 40 heteroatoms. The van der Waals surface area contributed by atoms with Crippen LogP contribution in [0.15, 0.2) is 121 Å². The SMILES string of the molecule is COc1cc2cc(c1Cl)N(C)C(=O)C[C@H](OC(=O)[C@H](C)N(C)C(=O)CCSSC[C@H](NC(=O)[C@@H]1CSSC[C@H](NC(=O)[C@@H](Cc3ccccc3)NC(C)=O)C(=O)N[C@@H](Cc3ccc(O)cc3)C(=O)N[C@H](Cc3c[nH]c4ccccc34)C(=O)N[C@@H](CCCCN)C(=O)N[C@@H]([C@@H](C)O)C(=O)N1)C(N)=O)[C@]1(C)O[C@H]1[C@H](C)[C@@H]1C[C@@](O)(NC(=O)O1)[C@H](OC)/C=C/C=C(\C)C2. The molecule has 4 aliphatic heterocycles. The second-order valence-corrected chi connectivity index (χ2v) is 37.0. The van der Waals surface area contributed by atoms with E-state index in [0.717, 1.165) is 53.6 Å². The second-order valence-electron chi connectivity index (χ2n) is 31.5. The lowest BCUT2D eigenvalue weighted by molar-refractivity contribution is -0.162. The summed E-state index contributed by atoms with van der Waals surface area (Å²) in [5, 5.41) is 58.3. The van der Waals surface area contributed by atoms with Crippen LogP contribution in [0.5, 0.6) is 11.5 Å². The number of nitrogens with one attached hydrogen (secondary N) is 10. The molecule has 0 aliphatic carbocycles. The number of rotatable bonds is 28. The number of primary amides is 1. The van der Waals surface area contributed by atoms with Crippen LogP contribution in [0.4, 0.5) is 10.5 Å². The molecule has 5 heterocycles. The van der Waals surface area contributed by atoms with Crippen LogP contribution >= 0.6 is 54.8 Å². The Bertz CT molecular complexity index is 4760. The summed E-state index contributed by atoms with van der Waals surface area (Å²) in [6.45, 7) is 9.24. The van der Waals surface area contributed by atoms with Gasteiger partial charge in [-0.3, -0.25) is 58.1 Å². The van der Waals surface area contributed by atoms with Gasteiger partial charge in [0.1, 0.15) is 94.8 Å². The number of para-hydroxylation sites is 1. The zero-order valence-corrected chi connectivity index (χ0v) is 75.0. The number of hydrogen-bond donors (Lipinski definition) is 15. The zero-order valence-electron chi connectivity index (χ0n) is 71.0. The number of amides is 12. The van der Waals surface area contributed by atoms with E-state index in [0.29, 0.717) is 46.0 Å². The third kappa shape index (κ3) is 27.2. The standard InChI is InChI=1S/C85H111ClN14O21S4/c1-45-19-18-25-67(118-10)85(116)40-66(119-83(115)98-85)46(2)73-84(6,121-73)68(39-70(105)100(8)64-36-52(33-45)37-65(117-9)71(64)86)120-82(114)47(3)99(7)69(104)30-32-122-123-42-61(74(88)106)94-80(112)63-44-125-124-43-62(95-76(108)58(90-49(5)102)34-50-20-12-11-13-21-50)79(111)92-59(35-51-26-28-54(103)29-27-51)77(109)93-60(38-53-41-89-56-23-15-14-22-55(53)56)78(110)91-57(24-16-17-31-87)75(107)97-72(48(4)101)81(113)96-63/h11-15,18-23,25-29,36-37,41,46-48,57-63,66-68,72-73,89,101,103,116H,16-17,24,30-35,38-40,42-44,87H2,1-10H3,(H2,88,106)(H,90,102)(H,91,110)(H,92,111)(H,93,109)(H,94,112)(H,95,108)(H,96,113)(H,97,107)(H,98,115)/b25-18+,45-19+/t46-,47+,48-,57+,58-,59+,60-,61+,62+,63+,66+,67-,68+,72+,73+,84+,85+/m1/s1. The summed E-state index contributed by atoms with van der Waals surface area (Å²) in [6.07, 6.45) is -0.534. The van der Waals surface area contributed by atoms with Crippen LogP contribution in [-0.2, 0) is 102 Å². The number of alkyl carbamates (subject to hydrolysis) is 1. The fourth-order valence-corrected chi connectivity index (χ4v) is 19.4. The van der Waals surface area contributed by atoms with Gasteiger partial charge in [0.25, 0.3) is 0 Å². The number of ether oxygens (including phenoxy) is 5. The average Bonchev–Trinajstić information content (AvgIpc) is 1.57. The summed E-state index contributed by atoms with van der Waals surface area (Å²) in [4.78, 5) is 192. The minimum atomic E-state index is -1.96. The van der Waals surface area contributed by atoms with E-state index in [9.17, 15) is 63.3 Å². The van der Waals surface area contributed by atoms with Gasteiger partial charge in [-0.15, -0.1) is 0 Å². The molecule has 0 unspecified atom stereocenters. The zero-order chi connectivity index (χ0) is 91.1. The lowest BCUT2D eigenvalue weighted by Gasteiger charge is -2.42. The van der Waals surface area contributed by atoms with Crippen molar-refractivity contribution >= 4 is 148 Å². The number of aromatic nitrogens is 1. The molecular weight excluding hydrogens is 1720 g/mol. The number of aromatic hydroxyl groups is 1. The Morgan fingerprint density at radius 2 is 1.50 bits per heavy atom. The highest BCUT2D eigenvalue weighted by molar-refractivity contribution is 8.77. The number of hydrogen-bond acceptors (Lipinski definition) is 26. The fraction of sp³-hybridized carbons (Fsp3) is 0.494. The maximum Gasteiger partial charge on any atom is 0.409 e. The number of carbonyl (C=O) groups is 13. The molecule has 17 atom stereocenters. The number of carbonyl (C=O) groups excluding carboxylic acids is 13. The lowest BCUT2D eigenvalue weighted by Crippen LogP contribution is -2.63. The number of anilines is 1. The normalized spacial score (nSPS) is 26.1. The van der Waals surface area contributed by atoms with E-state index in [4.69, 9.17) is 46.8 Å². The number of likely N-dealkylation sites (N-methyl/N-ethyl adjacent to an activating group) is 1. The first-order chi connectivity index (χ1) is 59.4. The predicted molar refractivity (Wildman–Crippen MR) is 474 cm³/mol. The van der Waals surface area contributed by atoms with Gasteiger partial charge in [-0.25, -0.2) is 9.59 Å². The summed E-state index contributed by atoms with van der Waals surface area (Å²) >= 11 is 6.89. The van der Waals surface area contributed by atoms with Gasteiger partial charge in [0.05, 0.1) is 31.4 Å². The van der Waals surface area contributed by atoms with E-state index >= 15 is 14.4 Å². The largest absolute Gasteiger partial charge is 0.508 e. The summed E-state index contributed by atoms with van der Waals surface area (Å²) < 4.78 is 29.7. The van der Waals surface area contributed by atoms with E-state index in [2.05, 4.69) is 52.8 Å². The molecule has 1 aromatic heterocycles. The van der Waals surface area contributed by atoms with Crippen LogP contribution in [-0.4, -0.2) is 256 Å². The fourth-order valence-electron chi connectivity index (χ4n) is 14.6. The molecule has 3 saturated heterocycles. The monoisotopic (exact) mass is 1830 g/mol. The van der Waals surface area contributed by atoms with E-state index < -0.39 is 191 Å². The van der Waals surface area contributed by atoms with Gasteiger partial charge < -0.3 is 108 Å². The molecule has 12 amide bonds. The van der Waals surface area contributed by atoms with Gasteiger partial charge in [0.15, 0.2) is 5.72 Å². The number of aromatic amines is 1. The van der Waals surface area contributed by atoms with E-state index in [1.807, 2.05) is 13.0 Å². The van der Waals surface area contributed by atoms with Crippen molar-refractivity contribution in [1.29, 1.82) is 0 Å². The third-order valence-corrected chi connectivity index (χ3v) is 27.3. The number of benzene rings is 4. The van der Waals surface area contributed by atoms with E-state index in [1.165, 1.54) is 78.3 Å². The lowest BCUT2D eigenvalue weighted by atomic mass is 9.83. The maximum atomic E-state index is 15.2. The Labute approximate surface area is 744 Å². The first-order valence-corrected chi connectivity index (χ1v) is 46.1. The maximum absolute atomic E-state index is 15.2. The van der Waals surface area contributed by atoms with Crippen LogP contribution in [0.25, 0.3) is 10.9 Å². The Kier molecular flexibility index (Phi) is 36.2. The highest BCUT2D eigenvalue weighted by atomic mass is 35.5. The number of H-pyrrole nitrogens is 1. The number of fused-ring (bicyclic) bond motifs is 6. The summed E-state index contributed by atoms with van der Waals surface area (Å²) in [7, 11) is 9.62. The molecule has 678 valence electrons. The van der Waals surface area contributed by atoms with Crippen LogP contribution in [0, 0.1) is 5.92 Å². The number of nitrogens with zero attached hydrogens (tertiary/aromatic N) is 2. The molecule has 4 aliphatic rings. The van der Waals surface area contributed by atoms with Crippen molar-refractivity contribution in [2.75, 3.05) is 62.8 Å². The van der Waals surface area contributed by atoms with Crippen molar-refractivity contribution in [3.8, 4) is 11.5 Å². The first-order valence-electron chi connectivity index (χ1n) is 40.7. The number of esters is 1. The van der Waals surface area contributed by atoms with Crippen molar-refractivity contribution in [1.82, 2.24) is 57.7 Å². The van der Waals surface area contributed by atoms with Crippen molar-refractivity contribution in [2.24, 2.45) is 17.4 Å². The average molecular weight is 1830 g/mol. The predicted octanol–water partition coefficient (Wildman–Crippen LogP) is 3.49. The Morgan fingerprint density at radius 1 is 0.824 bits per heavy atom. The molecule has 9 rings (SSSR count). The quantitative estimate of drug-likeness (QED) is 0.0147. The molecular formula is C85H111ClN14O21S4. The Morgan fingerprint density at radius 3 is 2.18 bits per heavy atom. The van der Waals surface area contributed by atoms with Gasteiger partial charge in [0, 0.05) is 106 Å². The number of aliphatic hydroxyl groups is 2. The van der Waals surface area contributed by atoms with Crippen molar-refractivity contribution in [2.45, 2.75) is 202 Å². The summed E-state index contributed by atoms with van der Waals surface area (Å²) in [5.74, 6) is -11.7. The highest BCUT2D eigenvalue weighted by Gasteiger charge is 2.65. The number of phenols is 1. The molecule has 125 heavy (non-hydrogen) atoms. The smallest absolute Gasteiger partial charge is 0.409 e. The number of unbranched alkanes of at least 4 members (excludes halogenated alkanes) is 1. The second kappa shape index (κ2) is 45.9. The minimum absolute atomic E-state index is 0.0315. The molecule has 4 aromatic carbocycles. The van der Waals surface area contributed by atoms with Crippen LogP contribution < -0.4 is 69.0 Å². The number of phenolic OH excluding ortho intramolecular Hbond substituents is 1. The van der Waals surface area contributed by atoms with Gasteiger partial charge >= 0.3 is 12.1 Å². The number of epoxide rings is 1. The summed E-state index contributed by atoms with van der Waals surface area (Å²) in [6, 6.07) is 11.5. The van der Waals surface area contributed by atoms with Crippen molar-refractivity contribution < 1.29 is 101 Å². The Hall–Kier alpha value is -10.1. The molecule has 0 saturated carbocycles. The number of methoxy groups -OCH3 is 2. The molecule has 17 N–H and O–H groups in total. The molecule has 35 nitrogen and oxygen atoms in total. The van der Waals surface area contributed by atoms with Gasteiger partial charge in [-0.1, -0.05) is 146 Å². The topological polar surface area (TPSA) is 515 Å². The van der Waals surface area contributed by atoms with E-state index in [-0.39, 0.29) is 91.0 Å². The highest BCUT2D eigenvalue weighted by Crippen LogP contribution is 2.49. The van der Waals surface area contributed by atoms with Crippen LogP contribution in [0.2, 0.25) is 5.02 Å². The molecule has 4 bridgehead atoms. The molecule has 5 aromatic rings. The number of halogens is 1. The van der Waals surface area contributed by atoms with E-state index in [1.54, 1.807) is 98.9 Å². The van der Waals surface area contributed by atoms with Gasteiger partial charge in [0.2, 0.25) is 65.0 Å². The number of aliphatic hydroxyl groups excluding tert-OH is 1. The minimum Gasteiger partial charge on any atom is -0.508 e. The summed E-state index contributed by atoms with van der Waals surface area (Å²) in [5.41, 5.74) is 12.6. The first kappa shape index (κ1) is 98.7. The Balaban J connectivity index is 0.925. The number of allylic oxidation sites excluding steroid dienone is 3. The van der Waals surface area contributed by atoms with Gasteiger partial charge in [-0.2, -0.15) is 0 Å². The molecule has 3 fully saturated rings. The van der Waals surface area contributed by atoms with Crippen LogP contribution in [0.3, 0.4) is 0 Å². The van der Waals surface area contributed by atoms with Gasteiger partial charge in [-0.05, 0) is 113 Å². The van der Waals surface area contributed by atoms with Crippen molar-refractivity contribution in [3.63, 3.8) is 0 Å². The number of nitrogens with two attached hydrogens (primary N) is 2.